The highest BCUT2D eigenvalue weighted by Gasteiger charge is 2.35. The van der Waals surface area contributed by atoms with E-state index in [1.807, 2.05) is 57.2 Å². The second kappa shape index (κ2) is 16.3. The maximum atomic E-state index is 14.5. The Morgan fingerprint density at radius 2 is 1.48 bits per heavy atom. The van der Waals surface area contributed by atoms with Crippen molar-refractivity contribution in [1.29, 1.82) is 0 Å². The second-order valence-corrected chi connectivity index (χ2v) is 13.2. The molecule has 4 aromatic carbocycles. The number of rotatable bonds is 15. The van der Waals surface area contributed by atoms with E-state index in [-0.39, 0.29) is 35.5 Å². The maximum Gasteiger partial charge on any atom is 0.264 e. The summed E-state index contributed by atoms with van der Waals surface area (Å²) in [5.41, 5.74) is 1.84. The van der Waals surface area contributed by atoms with Crippen molar-refractivity contribution in [3.8, 4) is 5.75 Å². The molecule has 0 radical (unpaired) electrons. The number of ether oxygens (including phenoxy) is 1. The predicted octanol–water partition coefficient (Wildman–Crippen LogP) is 6.49. The van der Waals surface area contributed by atoms with Crippen LogP contribution in [-0.4, -0.2) is 50.4 Å². The fourth-order valence-electron chi connectivity index (χ4n) is 4.95. The first-order valence-corrected chi connectivity index (χ1v) is 17.1. The first kappa shape index (κ1) is 34.5. The van der Waals surface area contributed by atoms with Gasteiger partial charge in [0.2, 0.25) is 11.8 Å². The van der Waals surface area contributed by atoms with Crippen molar-refractivity contribution in [2.75, 3.05) is 17.5 Å². The number of amides is 2. The van der Waals surface area contributed by atoms with Crippen molar-refractivity contribution in [3.05, 3.63) is 125 Å². The van der Waals surface area contributed by atoms with Crippen molar-refractivity contribution >= 4 is 39.1 Å². The number of anilines is 1. The summed E-state index contributed by atoms with van der Waals surface area (Å²) in [5, 5.41) is 3.52. The maximum absolute atomic E-state index is 14.5. The zero-order chi connectivity index (χ0) is 33.1. The van der Waals surface area contributed by atoms with Crippen LogP contribution in [0.5, 0.6) is 5.75 Å². The SMILES string of the molecule is CCOc1ccc(N(CC(=O)N(Cc2cccc(Cl)c2)[C@@H](Cc2ccccc2)C(=O)N[C@@H](C)CC)S(=O)(=O)c2ccccc2)cc1. The Hall–Kier alpha value is -4.34. The Bertz CT molecular complexity index is 1690. The van der Waals surface area contributed by atoms with E-state index in [0.29, 0.717) is 29.4 Å². The summed E-state index contributed by atoms with van der Waals surface area (Å²) >= 11 is 6.31. The lowest BCUT2D eigenvalue weighted by Crippen LogP contribution is -2.54. The highest BCUT2D eigenvalue weighted by molar-refractivity contribution is 7.92. The highest BCUT2D eigenvalue weighted by Crippen LogP contribution is 2.27. The number of benzene rings is 4. The molecule has 0 spiro atoms. The Labute approximate surface area is 277 Å². The van der Waals surface area contributed by atoms with Crippen LogP contribution in [0.3, 0.4) is 0 Å². The van der Waals surface area contributed by atoms with E-state index in [4.69, 9.17) is 16.3 Å². The zero-order valence-electron chi connectivity index (χ0n) is 26.3. The van der Waals surface area contributed by atoms with Crippen LogP contribution in [0.4, 0.5) is 5.69 Å². The van der Waals surface area contributed by atoms with Gasteiger partial charge in [-0.15, -0.1) is 0 Å². The van der Waals surface area contributed by atoms with E-state index in [1.165, 1.54) is 17.0 Å². The molecule has 0 aromatic heterocycles. The molecule has 2 amide bonds. The molecule has 46 heavy (non-hydrogen) atoms. The quantitative estimate of drug-likeness (QED) is 0.157. The predicted molar refractivity (Wildman–Crippen MR) is 182 cm³/mol. The average Bonchev–Trinajstić information content (AvgIpc) is 3.06. The molecule has 0 fully saturated rings. The first-order valence-electron chi connectivity index (χ1n) is 15.3. The molecule has 242 valence electrons. The third-order valence-corrected chi connectivity index (χ3v) is 9.58. The van der Waals surface area contributed by atoms with E-state index in [1.54, 1.807) is 60.7 Å². The van der Waals surface area contributed by atoms with Crippen LogP contribution >= 0.6 is 11.6 Å². The number of carbonyl (C=O) groups excluding carboxylic acids is 2. The van der Waals surface area contributed by atoms with Gasteiger partial charge >= 0.3 is 0 Å². The number of sulfonamides is 1. The Morgan fingerprint density at radius 3 is 2.09 bits per heavy atom. The number of hydrogen-bond donors (Lipinski definition) is 1. The summed E-state index contributed by atoms with van der Waals surface area (Å²) in [5.74, 6) is -0.303. The van der Waals surface area contributed by atoms with Crippen molar-refractivity contribution in [2.24, 2.45) is 0 Å². The summed E-state index contributed by atoms with van der Waals surface area (Å²) < 4.78 is 34.9. The van der Waals surface area contributed by atoms with E-state index in [9.17, 15) is 18.0 Å². The van der Waals surface area contributed by atoms with Crippen LogP contribution in [0.15, 0.2) is 114 Å². The summed E-state index contributed by atoms with van der Waals surface area (Å²) in [7, 11) is -4.19. The lowest BCUT2D eigenvalue weighted by atomic mass is 10.0. The van der Waals surface area contributed by atoms with Crippen LogP contribution in [0, 0.1) is 0 Å². The van der Waals surface area contributed by atoms with Gasteiger partial charge in [0.1, 0.15) is 18.3 Å². The van der Waals surface area contributed by atoms with E-state index < -0.39 is 28.5 Å². The van der Waals surface area contributed by atoms with Crippen LogP contribution < -0.4 is 14.4 Å². The standard InChI is InChI=1S/C36H40ClN3O5S/c1-4-27(3)38-36(42)34(24-28-13-8-6-9-14-28)39(25-29-15-12-16-30(37)23-29)35(41)26-40(31-19-21-32(22-20-31)45-5-2)46(43,44)33-17-10-7-11-18-33/h6-23,27,34H,4-5,24-26H2,1-3H3,(H,38,42)/t27-,34-/m0/s1. The number of nitrogens with zero attached hydrogens (tertiary/aromatic N) is 2. The molecular formula is C36H40ClN3O5S. The number of halogens is 1. The lowest BCUT2D eigenvalue weighted by molar-refractivity contribution is -0.140. The summed E-state index contributed by atoms with van der Waals surface area (Å²) in [6.07, 6.45) is 0.927. The van der Waals surface area contributed by atoms with Crippen LogP contribution in [0.1, 0.15) is 38.3 Å². The topological polar surface area (TPSA) is 96.0 Å². The van der Waals surface area contributed by atoms with E-state index >= 15 is 0 Å². The minimum Gasteiger partial charge on any atom is -0.494 e. The molecule has 0 aliphatic rings. The molecule has 0 unspecified atom stereocenters. The average molecular weight is 662 g/mol. The van der Waals surface area contributed by atoms with Gasteiger partial charge in [-0.2, -0.15) is 0 Å². The Morgan fingerprint density at radius 1 is 0.848 bits per heavy atom. The normalized spacial score (nSPS) is 12.5. The number of hydrogen-bond acceptors (Lipinski definition) is 5. The molecule has 0 aliphatic heterocycles. The highest BCUT2D eigenvalue weighted by atomic mass is 35.5. The van der Waals surface area contributed by atoms with Gasteiger partial charge in [0, 0.05) is 24.0 Å². The Balaban J connectivity index is 1.80. The molecule has 4 aromatic rings. The number of carbonyl (C=O) groups is 2. The van der Waals surface area contributed by atoms with Crippen LogP contribution in [0.2, 0.25) is 5.02 Å². The van der Waals surface area contributed by atoms with Crippen LogP contribution in [0.25, 0.3) is 0 Å². The summed E-state index contributed by atoms with van der Waals surface area (Å²) in [4.78, 5) is 29.9. The van der Waals surface area contributed by atoms with E-state index in [0.717, 1.165) is 9.87 Å². The minimum atomic E-state index is -4.19. The fourth-order valence-corrected chi connectivity index (χ4v) is 6.60. The molecule has 0 bridgehead atoms. The molecule has 0 heterocycles. The van der Waals surface area contributed by atoms with Gasteiger partial charge in [-0.3, -0.25) is 13.9 Å². The molecule has 2 atom stereocenters. The van der Waals surface area contributed by atoms with Gasteiger partial charge in [-0.05, 0) is 79.9 Å². The van der Waals surface area contributed by atoms with Gasteiger partial charge in [0.15, 0.2) is 0 Å². The third kappa shape index (κ3) is 9.11. The first-order chi connectivity index (χ1) is 22.1. The van der Waals surface area contributed by atoms with E-state index in [2.05, 4.69) is 5.32 Å². The molecule has 8 nitrogen and oxygen atoms in total. The zero-order valence-corrected chi connectivity index (χ0v) is 27.9. The number of nitrogens with one attached hydrogen (secondary N) is 1. The smallest absolute Gasteiger partial charge is 0.264 e. The largest absolute Gasteiger partial charge is 0.494 e. The molecule has 10 heteroatoms. The summed E-state index contributed by atoms with van der Waals surface area (Å²) in [6.45, 7) is 5.66. The van der Waals surface area contributed by atoms with Gasteiger partial charge in [-0.25, -0.2) is 8.42 Å². The van der Waals surface area contributed by atoms with Crippen molar-refractivity contribution in [3.63, 3.8) is 0 Å². The Kier molecular flexibility index (Phi) is 12.2. The monoisotopic (exact) mass is 661 g/mol. The van der Waals surface area contributed by atoms with Crippen molar-refractivity contribution in [1.82, 2.24) is 10.2 Å². The molecule has 1 N–H and O–H groups in total. The minimum absolute atomic E-state index is 0.0350. The molecule has 4 rings (SSSR count). The third-order valence-electron chi connectivity index (χ3n) is 7.56. The van der Waals surface area contributed by atoms with Crippen molar-refractivity contribution in [2.45, 2.75) is 57.1 Å². The van der Waals surface area contributed by atoms with Gasteiger partial charge < -0.3 is 15.0 Å². The van der Waals surface area contributed by atoms with Gasteiger partial charge in [0.05, 0.1) is 17.2 Å². The molecular weight excluding hydrogens is 622 g/mol. The molecule has 0 saturated heterocycles. The van der Waals surface area contributed by atoms with Gasteiger partial charge in [0.25, 0.3) is 10.0 Å². The molecule has 0 saturated carbocycles. The lowest BCUT2D eigenvalue weighted by Gasteiger charge is -2.34. The molecule has 0 aliphatic carbocycles. The summed E-state index contributed by atoms with van der Waals surface area (Å²) in [6, 6.07) is 29.9. The van der Waals surface area contributed by atoms with Gasteiger partial charge in [-0.1, -0.05) is 79.2 Å². The fraction of sp³-hybridized carbons (Fsp3) is 0.278. The second-order valence-electron chi connectivity index (χ2n) is 10.9. The van der Waals surface area contributed by atoms with Crippen LogP contribution in [-0.2, 0) is 32.6 Å². The van der Waals surface area contributed by atoms with Crippen molar-refractivity contribution < 1.29 is 22.7 Å².